The summed E-state index contributed by atoms with van der Waals surface area (Å²) in [5, 5.41) is 0. The smallest absolute Gasteiger partial charge is 1.00 e. The molecule has 0 aliphatic rings. The zero-order valence-electron chi connectivity index (χ0n) is 12.8. The number of hydrogen-bond donors (Lipinski definition) is 1. The van der Waals surface area contributed by atoms with Gasteiger partial charge in [0, 0.05) is 0 Å². The zero-order valence-corrected chi connectivity index (χ0v) is 14.7. The normalized spacial score (nSPS) is 10.3. The third-order valence-electron chi connectivity index (χ3n) is 2.02. The molecule has 1 aromatic rings. The predicted molar refractivity (Wildman–Crippen MR) is 67.8 cm³/mol. The Hall–Kier alpha value is -0.900. The number of carbonyl (C=O) groups excluding carboxylic acids is 1. The van der Waals surface area contributed by atoms with Crippen LogP contribution in [0.5, 0.6) is 11.8 Å². The summed E-state index contributed by atoms with van der Waals surface area (Å²) in [5.74, 6) is -1.21. The number of amides is 1. The molecule has 0 spiro atoms. The van der Waals surface area contributed by atoms with Gasteiger partial charge in [0.25, 0.3) is 0 Å². The Kier molecular flexibility index (Phi) is 8.02. The van der Waals surface area contributed by atoms with E-state index in [2.05, 4.69) is 9.97 Å². The fraction of sp³-hybridized carbons (Fsp3) is 0.500. The van der Waals surface area contributed by atoms with Crippen LogP contribution in [0.15, 0.2) is 6.07 Å². The molecule has 1 N–H and O–H groups in total. The second kappa shape index (κ2) is 8.40. The van der Waals surface area contributed by atoms with Gasteiger partial charge in [0.2, 0.25) is 27.6 Å². The van der Waals surface area contributed by atoms with E-state index in [-0.39, 0.29) is 54.3 Å². The third-order valence-corrected chi connectivity index (χ3v) is 3.46. The second-order valence-electron chi connectivity index (χ2n) is 3.53. The number of rotatable bonds is 6. The number of nitrogens with one attached hydrogen (secondary N) is 1. The summed E-state index contributed by atoms with van der Waals surface area (Å²) in [6.45, 7) is 1.69. The van der Waals surface area contributed by atoms with Crippen LogP contribution in [-0.2, 0) is 10.0 Å². The molecule has 0 saturated carbocycles. The molecule has 20 heavy (non-hydrogen) atoms. The molecule has 0 radical (unpaired) electrons. The molecule has 0 aliphatic carbocycles. The molecule has 1 amide bonds. The van der Waals surface area contributed by atoms with Crippen molar-refractivity contribution < 1.29 is 53.7 Å². The van der Waals surface area contributed by atoms with Crippen molar-refractivity contribution in [3.8, 4) is 11.8 Å². The Labute approximate surface area is 141 Å². The Morgan fingerprint density at radius 1 is 1.30 bits per heavy atom. The van der Waals surface area contributed by atoms with Gasteiger partial charge in [-0.25, -0.2) is 13.1 Å². The summed E-state index contributed by atoms with van der Waals surface area (Å²) in [4.78, 5) is 19.3. The molecule has 0 bridgehead atoms. The first-order chi connectivity index (χ1) is 8.91. The van der Waals surface area contributed by atoms with Gasteiger partial charge in [-0.1, -0.05) is 6.92 Å². The molecular formula is C10H16N3NaO5S. The molecule has 0 aliphatic heterocycles. The monoisotopic (exact) mass is 313 g/mol. The van der Waals surface area contributed by atoms with E-state index in [1.807, 2.05) is 4.72 Å². The van der Waals surface area contributed by atoms with Crippen molar-refractivity contribution in [1.29, 1.82) is 0 Å². The molecule has 0 saturated heterocycles. The molecule has 0 fully saturated rings. The van der Waals surface area contributed by atoms with Gasteiger partial charge < -0.3 is 10.9 Å². The summed E-state index contributed by atoms with van der Waals surface area (Å²) in [5.41, 5.74) is 0. The fourth-order valence-electron chi connectivity index (χ4n) is 1.22. The van der Waals surface area contributed by atoms with Crippen molar-refractivity contribution >= 4 is 15.9 Å². The van der Waals surface area contributed by atoms with Crippen LogP contribution in [0.1, 0.15) is 25.4 Å². The van der Waals surface area contributed by atoms with E-state index < -0.39 is 15.9 Å². The molecule has 0 aromatic carbocycles. The van der Waals surface area contributed by atoms with Gasteiger partial charge in [-0.2, -0.15) is 9.97 Å². The molecule has 10 heteroatoms. The number of aromatic nitrogens is 2. The maximum absolute atomic E-state index is 11.7. The molecule has 108 valence electrons. The number of hydrogen-bond acceptors (Lipinski definition) is 7. The van der Waals surface area contributed by atoms with E-state index in [1.165, 1.54) is 20.3 Å². The van der Waals surface area contributed by atoms with Crippen LogP contribution in [0.2, 0.25) is 0 Å². The Morgan fingerprint density at radius 2 is 1.80 bits per heavy atom. The molecular weight excluding hydrogens is 297 g/mol. The summed E-state index contributed by atoms with van der Waals surface area (Å²) < 4.78 is 34.5. The quantitative estimate of drug-likeness (QED) is 0.561. The topological polar surface area (TPSA) is 107 Å². The van der Waals surface area contributed by atoms with Crippen molar-refractivity contribution in [2.24, 2.45) is 0 Å². The minimum Gasteiger partial charge on any atom is -1.00 e. The van der Waals surface area contributed by atoms with Gasteiger partial charge in [-0.15, -0.1) is 0 Å². The molecule has 0 atom stereocenters. The van der Waals surface area contributed by atoms with Crippen LogP contribution < -0.4 is 43.8 Å². The number of carbonyl (C=O) groups is 1. The predicted octanol–water partition coefficient (Wildman–Crippen LogP) is -2.92. The molecule has 8 nitrogen and oxygen atoms in total. The summed E-state index contributed by atoms with van der Waals surface area (Å²) in [6.07, 6.45) is 0.394. The van der Waals surface area contributed by atoms with Crippen molar-refractivity contribution in [3.63, 3.8) is 0 Å². The van der Waals surface area contributed by atoms with Gasteiger partial charge in [0.1, 0.15) is 0 Å². The van der Waals surface area contributed by atoms with Gasteiger partial charge in [0.15, 0.2) is 0 Å². The number of sulfonamides is 1. The molecule has 1 heterocycles. The SMILES string of the molecule is CCCS(=O)(=O)NC(=O)c1nc(OC)cc(OC)n1.[H-].[Na+]. The number of methoxy groups -OCH3 is 2. The fourth-order valence-corrected chi connectivity index (χ4v) is 2.23. The minimum absolute atomic E-state index is 0. The van der Waals surface area contributed by atoms with E-state index in [4.69, 9.17) is 9.47 Å². The van der Waals surface area contributed by atoms with Gasteiger partial charge in [0.05, 0.1) is 26.0 Å². The minimum atomic E-state index is -3.68. The Morgan fingerprint density at radius 3 is 2.20 bits per heavy atom. The molecule has 1 rings (SSSR count). The van der Waals surface area contributed by atoms with E-state index in [0.29, 0.717) is 6.42 Å². The van der Waals surface area contributed by atoms with Gasteiger partial charge in [-0.05, 0) is 6.42 Å². The average Bonchev–Trinajstić information content (AvgIpc) is 2.37. The van der Waals surface area contributed by atoms with Crippen LogP contribution in [0.4, 0.5) is 0 Å². The first kappa shape index (κ1) is 19.1. The summed E-state index contributed by atoms with van der Waals surface area (Å²) in [6, 6.07) is 1.37. The van der Waals surface area contributed by atoms with Gasteiger partial charge >= 0.3 is 35.5 Å². The van der Waals surface area contributed by atoms with E-state index in [1.54, 1.807) is 6.92 Å². The second-order valence-corrected chi connectivity index (χ2v) is 5.37. The van der Waals surface area contributed by atoms with Crippen LogP contribution in [0.25, 0.3) is 0 Å². The standard InChI is InChI=1S/C10H15N3O5S.Na.H/c1-4-5-19(15,16)13-10(14)9-11-7(17-2)6-8(12-9)18-3;;/h6H,4-5H2,1-3H3,(H,13,14);;/q;+1;-1. The Balaban J connectivity index is 0. The molecule has 1 aromatic heterocycles. The first-order valence-electron chi connectivity index (χ1n) is 5.43. The first-order valence-corrected chi connectivity index (χ1v) is 7.09. The van der Waals surface area contributed by atoms with E-state index in [9.17, 15) is 13.2 Å². The average molecular weight is 313 g/mol. The van der Waals surface area contributed by atoms with Crippen molar-refractivity contribution in [3.05, 3.63) is 11.9 Å². The zero-order chi connectivity index (χ0) is 14.5. The van der Waals surface area contributed by atoms with Gasteiger partial charge in [-0.3, -0.25) is 4.79 Å². The number of nitrogens with zero attached hydrogens (tertiary/aromatic N) is 2. The Bertz CT molecular complexity index is 548. The van der Waals surface area contributed by atoms with Crippen molar-refractivity contribution in [2.75, 3.05) is 20.0 Å². The van der Waals surface area contributed by atoms with Crippen LogP contribution in [-0.4, -0.2) is 44.3 Å². The van der Waals surface area contributed by atoms with Crippen molar-refractivity contribution in [1.82, 2.24) is 14.7 Å². The third kappa shape index (κ3) is 5.61. The summed E-state index contributed by atoms with van der Waals surface area (Å²) in [7, 11) is -0.963. The maximum atomic E-state index is 11.7. The number of ether oxygens (including phenoxy) is 2. The van der Waals surface area contributed by atoms with Crippen LogP contribution >= 0.6 is 0 Å². The maximum Gasteiger partial charge on any atom is 1.00 e. The largest absolute Gasteiger partial charge is 1.00 e. The van der Waals surface area contributed by atoms with E-state index in [0.717, 1.165) is 0 Å². The van der Waals surface area contributed by atoms with E-state index >= 15 is 0 Å². The molecule has 0 unspecified atom stereocenters. The summed E-state index contributed by atoms with van der Waals surface area (Å²) >= 11 is 0. The van der Waals surface area contributed by atoms with Crippen molar-refractivity contribution in [2.45, 2.75) is 13.3 Å². The van der Waals surface area contributed by atoms with Crippen LogP contribution in [0.3, 0.4) is 0 Å². The van der Waals surface area contributed by atoms with Crippen LogP contribution in [0, 0.1) is 0 Å².